The van der Waals surface area contributed by atoms with Crippen LogP contribution in [0.3, 0.4) is 0 Å². The number of anilines is 1. The van der Waals surface area contributed by atoms with Gasteiger partial charge in [-0.2, -0.15) is 5.10 Å². The standard InChI is InChI=1S/C14H17N3O2/c1-3-13(14(18)19-2)16-11-5-7-12(8-6-11)17-10-4-9-15-17/h4-10,13,16H,3H2,1-2H3. The highest BCUT2D eigenvalue weighted by atomic mass is 16.5. The van der Waals surface area contributed by atoms with Crippen molar-refractivity contribution in [2.75, 3.05) is 12.4 Å². The van der Waals surface area contributed by atoms with Crippen molar-refractivity contribution in [2.24, 2.45) is 0 Å². The molecule has 0 aliphatic heterocycles. The molecule has 1 atom stereocenters. The van der Waals surface area contributed by atoms with Crippen molar-refractivity contribution >= 4 is 11.7 Å². The van der Waals surface area contributed by atoms with Crippen molar-refractivity contribution in [1.82, 2.24) is 9.78 Å². The monoisotopic (exact) mass is 259 g/mol. The summed E-state index contributed by atoms with van der Waals surface area (Å²) < 4.78 is 6.52. The average Bonchev–Trinajstić information content (AvgIpc) is 2.98. The molecule has 100 valence electrons. The lowest BCUT2D eigenvalue weighted by atomic mass is 10.2. The molecule has 1 N–H and O–H groups in total. The summed E-state index contributed by atoms with van der Waals surface area (Å²) in [6.45, 7) is 1.94. The molecule has 0 fully saturated rings. The summed E-state index contributed by atoms with van der Waals surface area (Å²) >= 11 is 0. The Labute approximate surface area is 112 Å². The Bertz CT molecular complexity index is 520. The highest BCUT2D eigenvalue weighted by Gasteiger charge is 2.16. The number of nitrogens with one attached hydrogen (secondary N) is 1. The van der Waals surface area contributed by atoms with Gasteiger partial charge in [-0.1, -0.05) is 6.92 Å². The lowest BCUT2D eigenvalue weighted by molar-refractivity contribution is -0.141. The van der Waals surface area contributed by atoms with Gasteiger partial charge in [0.2, 0.25) is 0 Å². The number of esters is 1. The predicted octanol–water partition coefficient (Wildman–Crippen LogP) is 2.24. The first kappa shape index (κ1) is 13.1. The molecule has 0 amide bonds. The lowest BCUT2D eigenvalue weighted by Gasteiger charge is -2.16. The second-order valence-electron chi connectivity index (χ2n) is 4.13. The van der Waals surface area contributed by atoms with E-state index in [-0.39, 0.29) is 12.0 Å². The number of rotatable bonds is 5. The van der Waals surface area contributed by atoms with E-state index in [1.165, 1.54) is 7.11 Å². The Morgan fingerprint density at radius 2 is 2.16 bits per heavy atom. The van der Waals surface area contributed by atoms with E-state index in [1.54, 1.807) is 10.9 Å². The summed E-state index contributed by atoms with van der Waals surface area (Å²) in [5.74, 6) is -0.251. The third-order valence-electron chi connectivity index (χ3n) is 2.87. The summed E-state index contributed by atoms with van der Waals surface area (Å²) in [5, 5.41) is 7.30. The number of nitrogens with zero attached hydrogens (tertiary/aromatic N) is 2. The number of aromatic nitrogens is 2. The van der Waals surface area contributed by atoms with E-state index >= 15 is 0 Å². The molecule has 5 nitrogen and oxygen atoms in total. The zero-order valence-corrected chi connectivity index (χ0v) is 11.0. The van der Waals surface area contributed by atoms with Crippen molar-refractivity contribution in [2.45, 2.75) is 19.4 Å². The molecule has 0 spiro atoms. The van der Waals surface area contributed by atoms with Gasteiger partial charge in [-0.15, -0.1) is 0 Å². The molecule has 0 aliphatic rings. The Hall–Kier alpha value is -2.30. The summed E-state index contributed by atoms with van der Waals surface area (Å²) in [4.78, 5) is 11.5. The molecule has 19 heavy (non-hydrogen) atoms. The van der Waals surface area contributed by atoms with E-state index in [0.717, 1.165) is 11.4 Å². The van der Waals surface area contributed by atoms with Gasteiger partial charge in [-0.3, -0.25) is 0 Å². The van der Waals surface area contributed by atoms with Crippen LogP contribution in [0.4, 0.5) is 5.69 Å². The van der Waals surface area contributed by atoms with Crippen LogP contribution in [0.2, 0.25) is 0 Å². The van der Waals surface area contributed by atoms with Gasteiger partial charge in [0, 0.05) is 18.1 Å². The van der Waals surface area contributed by atoms with Crippen LogP contribution in [-0.4, -0.2) is 28.9 Å². The molecule has 1 unspecified atom stereocenters. The minimum absolute atomic E-state index is 0.251. The maximum absolute atomic E-state index is 11.5. The van der Waals surface area contributed by atoms with Crippen molar-refractivity contribution in [1.29, 1.82) is 0 Å². The zero-order valence-electron chi connectivity index (χ0n) is 11.0. The molecule has 1 heterocycles. The molecule has 0 aliphatic carbocycles. The lowest BCUT2D eigenvalue weighted by Crippen LogP contribution is -2.29. The molecule has 2 aromatic rings. The van der Waals surface area contributed by atoms with E-state index in [2.05, 4.69) is 10.4 Å². The van der Waals surface area contributed by atoms with Gasteiger partial charge in [-0.25, -0.2) is 9.48 Å². The first-order chi connectivity index (χ1) is 9.24. The second-order valence-corrected chi connectivity index (χ2v) is 4.13. The summed E-state index contributed by atoms with van der Waals surface area (Å²) in [5.41, 5.74) is 1.86. The van der Waals surface area contributed by atoms with Crippen molar-refractivity contribution < 1.29 is 9.53 Å². The molecular weight excluding hydrogens is 242 g/mol. The van der Waals surface area contributed by atoms with Gasteiger partial charge in [0.25, 0.3) is 0 Å². The van der Waals surface area contributed by atoms with Crippen LogP contribution >= 0.6 is 0 Å². The highest BCUT2D eigenvalue weighted by molar-refractivity contribution is 5.79. The molecule has 0 saturated heterocycles. The maximum atomic E-state index is 11.5. The van der Waals surface area contributed by atoms with Crippen molar-refractivity contribution in [3.8, 4) is 5.69 Å². The number of ether oxygens (including phenoxy) is 1. The highest BCUT2D eigenvalue weighted by Crippen LogP contribution is 2.14. The normalized spacial score (nSPS) is 11.9. The number of benzene rings is 1. The summed E-state index contributed by atoms with van der Waals surface area (Å²) in [6, 6.07) is 9.28. The van der Waals surface area contributed by atoms with Crippen LogP contribution in [-0.2, 0) is 9.53 Å². The molecule has 1 aromatic heterocycles. The van der Waals surface area contributed by atoms with Crippen LogP contribution in [0.15, 0.2) is 42.7 Å². The molecule has 0 saturated carbocycles. The van der Waals surface area contributed by atoms with Gasteiger partial charge in [0.05, 0.1) is 12.8 Å². The fraction of sp³-hybridized carbons (Fsp3) is 0.286. The van der Waals surface area contributed by atoms with Crippen LogP contribution in [0.25, 0.3) is 5.69 Å². The van der Waals surface area contributed by atoms with E-state index < -0.39 is 0 Å². The Morgan fingerprint density at radius 1 is 1.42 bits per heavy atom. The van der Waals surface area contributed by atoms with Gasteiger partial charge >= 0.3 is 5.97 Å². The predicted molar refractivity (Wildman–Crippen MR) is 73.3 cm³/mol. The average molecular weight is 259 g/mol. The number of hydrogen-bond donors (Lipinski definition) is 1. The number of carbonyl (C=O) groups is 1. The van der Waals surface area contributed by atoms with Crippen LogP contribution in [0.1, 0.15) is 13.3 Å². The third-order valence-corrected chi connectivity index (χ3v) is 2.87. The Kier molecular flexibility index (Phi) is 4.18. The van der Waals surface area contributed by atoms with Gasteiger partial charge in [0.15, 0.2) is 0 Å². The minimum Gasteiger partial charge on any atom is -0.467 e. The van der Waals surface area contributed by atoms with Crippen LogP contribution in [0, 0.1) is 0 Å². The van der Waals surface area contributed by atoms with Crippen molar-refractivity contribution in [3.05, 3.63) is 42.7 Å². The Balaban J connectivity index is 2.08. The minimum atomic E-state index is -0.319. The fourth-order valence-electron chi connectivity index (χ4n) is 1.80. The second kappa shape index (κ2) is 6.04. The number of methoxy groups -OCH3 is 1. The Morgan fingerprint density at radius 3 is 2.68 bits per heavy atom. The van der Waals surface area contributed by atoms with E-state index in [9.17, 15) is 4.79 Å². The first-order valence-electron chi connectivity index (χ1n) is 6.19. The molecule has 1 aromatic carbocycles. The van der Waals surface area contributed by atoms with Crippen molar-refractivity contribution in [3.63, 3.8) is 0 Å². The molecule has 2 rings (SSSR count). The van der Waals surface area contributed by atoms with Crippen LogP contribution < -0.4 is 5.32 Å². The topological polar surface area (TPSA) is 56.2 Å². The van der Waals surface area contributed by atoms with Crippen LogP contribution in [0.5, 0.6) is 0 Å². The van der Waals surface area contributed by atoms with Gasteiger partial charge < -0.3 is 10.1 Å². The third kappa shape index (κ3) is 3.13. The zero-order chi connectivity index (χ0) is 13.7. The molecule has 5 heteroatoms. The molecular formula is C14H17N3O2. The van der Waals surface area contributed by atoms with E-state index in [1.807, 2.05) is 43.5 Å². The molecule has 0 bridgehead atoms. The smallest absolute Gasteiger partial charge is 0.328 e. The SMILES string of the molecule is CCC(Nc1ccc(-n2cccn2)cc1)C(=O)OC. The fourth-order valence-corrected chi connectivity index (χ4v) is 1.80. The van der Waals surface area contributed by atoms with E-state index in [4.69, 9.17) is 4.74 Å². The largest absolute Gasteiger partial charge is 0.467 e. The number of carbonyl (C=O) groups excluding carboxylic acids is 1. The summed E-state index contributed by atoms with van der Waals surface area (Å²) in [7, 11) is 1.40. The van der Waals surface area contributed by atoms with E-state index in [0.29, 0.717) is 6.42 Å². The quantitative estimate of drug-likeness (QED) is 0.837. The summed E-state index contributed by atoms with van der Waals surface area (Å²) in [6.07, 6.45) is 4.29. The number of hydrogen-bond acceptors (Lipinski definition) is 4. The van der Waals surface area contributed by atoms with Gasteiger partial charge in [0.1, 0.15) is 6.04 Å². The first-order valence-corrected chi connectivity index (χ1v) is 6.19. The van der Waals surface area contributed by atoms with Gasteiger partial charge in [-0.05, 0) is 36.8 Å². The maximum Gasteiger partial charge on any atom is 0.328 e. The molecule has 0 radical (unpaired) electrons.